The molecule has 5 rings (SSSR count). The molecule has 194 valence electrons. The van der Waals surface area contributed by atoms with Gasteiger partial charge in [-0.15, -0.1) is 0 Å². The van der Waals surface area contributed by atoms with E-state index in [1.807, 2.05) is 6.07 Å². The van der Waals surface area contributed by atoms with Crippen LogP contribution in [0.5, 0.6) is 5.75 Å². The fourth-order valence-corrected chi connectivity index (χ4v) is 6.06. The molecule has 3 aromatic rings. The highest BCUT2D eigenvalue weighted by atomic mass is 32.2. The maximum atomic E-state index is 11.3. The number of aryl methyl sites for hydroxylation is 4. The summed E-state index contributed by atoms with van der Waals surface area (Å²) in [5.41, 5.74) is 8.95. The van der Waals surface area contributed by atoms with E-state index >= 15 is 0 Å². The van der Waals surface area contributed by atoms with E-state index in [1.165, 1.54) is 39.6 Å². The molecule has 6 heteroatoms. The van der Waals surface area contributed by atoms with Crippen molar-refractivity contribution in [2.24, 2.45) is 5.92 Å². The van der Waals surface area contributed by atoms with Gasteiger partial charge in [-0.3, -0.25) is 4.79 Å². The minimum Gasteiger partial charge on any atom is -0.494 e. The number of rotatable bonds is 10. The molecule has 3 aromatic carbocycles. The number of benzene rings is 3. The summed E-state index contributed by atoms with van der Waals surface area (Å²) < 4.78 is 28.5. The number of hydrogen-bond acceptors (Lipinski definition) is 4. The molecule has 1 N–H and O–H groups in total. The average Bonchev–Trinajstić information content (AvgIpc) is 3.69. The largest absolute Gasteiger partial charge is 0.494 e. The van der Waals surface area contributed by atoms with Crippen molar-refractivity contribution < 1.29 is 23.1 Å². The second-order valence-electron chi connectivity index (χ2n) is 10.5. The summed E-state index contributed by atoms with van der Waals surface area (Å²) in [5.74, 6) is 0.220. The smallest absolute Gasteiger partial charge is 0.307 e. The molecular weight excluding hydrogens is 484 g/mol. The molecule has 0 heterocycles. The van der Waals surface area contributed by atoms with Crippen molar-refractivity contribution in [1.82, 2.24) is 0 Å². The van der Waals surface area contributed by atoms with E-state index in [0.717, 1.165) is 49.8 Å². The van der Waals surface area contributed by atoms with Gasteiger partial charge in [0.05, 0.1) is 18.3 Å². The molecule has 1 saturated carbocycles. The molecule has 0 bridgehead atoms. The number of hydrogen-bond donors (Lipinski definition) is 1. The number of carbonyl (C=O) groups is 1. The zero-order valence-corrected chi connectivity index (χ0v) is 22.1. The Hall–Kier alpha value is -3.12. The molecule has 2 aliphatic rings. The van der Waals surface area contributed by atoms with E-state index in [-0.39, 0.29) is 17.6 Å². The fourth-order valence-electron chi connectivity index (χ4n) is 5.41. The molecule has 0 aliphatic heterocycles. The number of carboxylic acid groups (broad SMARTS) is 1. The van der Waals surface area contributed by atoms with E-state index in [2.05, 4.69) is 54.6 Å². The van der Waals surface area contributed by atoms with Gasteiger partial charge < -0.3 is 9.84 Å². The molecule has 0 unspecified atom stereocenters. The Morgan fingerprint density at radius 3 is 2.38 bits per heavy atom. The molecular formula is C31H34O5S. The predicted molar refractivity (Wildman–Crippen MR) is 146 cm³/mol. The van der Waals surface area contributed by atoms with E-state index in [0.29, 0.717) is 13.0 Å². The van der Waals surface area contributed by atoms with Crippen LogP contribution in [0.2, 0.25) is 0 Å². The minimum atomic E-state index is -2.97. The van der Waals surface area contributed by atoms with Gasteiger partial charge in [-0.1, -0.05) is 48.5 Å². The van der Waals surface area contributed by atoms with Crippen molar-refractivity contribution in [3.8, 4) is 16.9 Å². The van der Waals surface area contributed by atoms with Gasteiger partial charge in [0, 0.05) is 6.26 Å². The second-order valence-corrected chi connectivity index (χ2v) is 12.8. The van der Waals surface area contributed by atoms with Crippen LogP contribution in [0.1, 0.15) is 53.0 Å². The summed E-state index contributed by atoms with van der Waals surface area (Å²) in [6, 6.07) is 21.6. The normalized spacial score (nSPS) is 18.4. The molecule has 0 saturated heterocycles. The molecule has 0 amide bonds. The highest BCUT2D eigenvalue weighted by Crippen LogP contribution is 2.47. The highest BCUT2D eigenvalue weighted by Gasteiger charge is 2.43. The number of fused-ring (bicyclic) bond motifs is 3. The quantitative estimate of drug-likeness (QED) is 0.352. The average molecular weight is 519 g/mol. The van der Waals surface area contributed by atoms with Crippen LogP contribution in [0.25, 0.3) is 11.1 Å². The molecule has 1 fully saturated rings. The van der Waals surface area contributed by atoms with Crippen LogP contribution < -0.4 is 4.74 Å². The van der Waals surface area contributed by atoms with Gasteiger partial charge in [0.1, 0.15) is 15.6 Å². The number of carboxylic acids is 1. The Morgan fingerprint density at radius 2 is 1.65 bits per heavy atom. The Morgan fingerprint density at radius 1 is 0.919 bits per heavy atom. The lowest BCUT2D eigenvalue weighted by atomic mass is 9.93. The van der Waals surface area contributed by atoms with Crippen molar-refractivity contribution >= 4 is 15.8 Å². The molecule has 5 nitrogen and oxygen atoms in total. The first-order chi connectivity index (χ1) is 17.8. The third-order valence-electron chi connectivity index (χ3n) is 7.58. The lowest BCUT2D eigenvalue weighted by molar-refractivity contribution is -0.138. The third-order valence-corrected chi connectivity index (χ3v) is 8.61. The maximum Gasteiger partial charge on any atom is 0.307 e. The van der Waals surface area contributed by atoms with Gasteiger partial charge >= 0.3 is 5.97 Å². The lowest BCUT2D eigenvalue weighted by Gasteiger charge is -2.14. The van der Waals surface area contributed by atoms with E-state index in [4.69, 9.17) is 9.84 Å². The lowest BCUT2D eigenvalue weighted by Crippen LogP contribution is -2.08. The Bertz CT molecular complexity index is 1390. The van der Waals surface area contributed by atoms with Gasteiger partial charge in [0.2, 0.25) is 0 Å². The highest BCUT2D eigenvalue weighted by molar-refractivity contribution is 7.90. The van der Waals surface area contributed by atoms with Gasteiger partial charge in [0.15, 0.2) is 0 Å². The minimum absolute atomic E-state index is 0.143. The van der Waals surface area contributed by atoms with Crippen LogP contribution in [0, 0.1) is 5.92 Å². The summed E-state index contributed by atoms with van der Waals surface area (Å²) >= 11 is 0. The summed E-state index contributed by atoms with van der Waals surface area (Å²) in [6.45, 7) is 0.397. The Balaban J connectivity index is 1.25. The molecule has 2 aliphatic carbocycles. The van der Waals surface area contributed by atoms with Gasteiger partial charge in [-0.05, 0) is 102 Å². The van der Waals surface area contributed by atoms with E-state index in [1.54, 1.807) is 0 Å². The van der Waals surface area contributed by atoms with Gasteiger partial charge in [0.25, 0.3) is 0 Å². The van der Waals surface area contributed by atoms with Crippen LogP contribution in [-0.4, -0.2) is 38.1 Å². The first-order valence-corrected chi connectivity index (χ1v) is 15.2. The van der Waals surface area contributed by atoms with Crippen LogP contribution in [0.4, 0.5) is 0 Å². The van der Waals surface area contributed by atoms with Gasteiger partial charge in [-0.25, -0.2) is 8.42 Å². The van der Waals surface area contributed by atoms with Crippen molar-refractivity contribution in [3.05, 3.63) is 88.5 Å². The van der Waals surface area contributed by atoms with Crippen LogP contribution in [0.15, 0.2) is 60.7 Å². The second kappa shape index (κ2) is 10.7. The SMILES string of the molecule is CS(=O)(=O)CCCOc1ccc2c(c1)CCCc1ccc(CCc3ccc([C@H]4C[C@@H]4C(=O)O)cc3)cc1-2. The number of ether oxygens (including phenoxy) is 1. The van der Waals surface area contributed by atoms with Crippen LogP contribution >= 0.6 is 0 Å². The molecule has 37 heavy (non-hydrogen) atoms. The summed E-state index contributed by atoms with van der Waals surface area (Å²) in [5, 5.41) is 9.17. The topological polar surface area (TPSA) is 80.7 Å². The fraction of sp³-hybridized carbons (Fsp3) is 0.387. The van der Waals surface area contributed by atoms with Crippen LogP contribution in [-0.2, 0) is 40.3 Å². The van der Waals surface area contributed by atoms with Crippen molar-refractivity contribution in [1.29, 1.82) is 0 Å². The first-order valence-electron chi connectivity index (χ1n) is 13.1. The predicted octanol–water partition coefficient (Wildman–Crippen LogP) is 5.63. The van der Waals surface area contributed by atoms with Crippen molar-refractivity contribution in [2.75, 3.05) is 18.6 Å². The standard InChI is InChI=1S/C31H34O5S/c1-37(34,35)17-3-16-36-26-14-15-27-25(19-26)5-2-4-23-13-10-22(18-28(23)27)7-6-21-8-11-24(12-9-21)29-20-30(29)31(32)33/h8-15,18-19,29-30H,2-7,16-17,20H2,1H3,(H,32,33)/t29-,30+/m1/s1. The number of sulfone groups is 1. The Kier molecular flexibility index (Phi) is 7.38. The van der Waals surface area contributed by atoms with E-state index < -0.39 is 15.8 Å². The first kappa shape index (κ1) is 25.5. The summed E-state index contributed by atoms with van der Waals surface area (Å²) in [7, 11) is -2.97. The van der Waals surface area contributed by atoms with E-state index in [9.17, 15) is 13.2 Å². The number of aliphatic carboxylic acids is 1. The molecule has 0 aromatic heterocycles. The van der Waals surface area contributed by atoms with Gasteiger partial charge in [-0.2, -0.15) is 0 Å². The van der Waals surface area contributed by atoms with Crippen molar-refractivity contribution in [2.45, 2.75) is 50.9 Å². The molecule has 0 radical (unpaired) electrons. The molecule has 0 spiro atoms. The Labute approximate surface area is 219 Å². The molecule has 2 atom stereocenters. The monoisotopic (exact) mass is 518 g/mol. The third kappa shape index (κ3) is 6.42. The maximum absolute atomic E-state index is 11.3. The van der Waals surface area contributed by atoms with Crippen molar-refractivity contribution in [3.63, 3.8) is 0 Å². The zero-order chi connectivity index (χ0) is 26.0. The summed E-state index contributed by atoms with van der Waals surface area (Å²) in [6.07, 6.45) is 7.53. The zero-order valence-electron chi connectivity index (χ0n) is 21.3. The summed E-state index contributed by atoms with van der Waals surface area (Å²) in [4.78, 5) is 11.1. The van der Waals surface area contributed by atoms with Crippen LogP contribution in [0.3, 0.4) is 0 Å².